The molecule has 0 aliphatic rings. The van der Waals surface area contributed by atoms with Crippen LogP contribution in [0.3, 0.4) is 0 Å². The van der Waals surface area contributed by atoms with E-state index in [4.69, 9.17) is 22.7 Å². The molecule has 0 amide bonds. The van der Waals surface area contributed by atoms with Crippen molar-refractivity contribution in [3.8, 4) is 5.69 Å². The van der Waals surface area contributed by atoms with Gasteiger partial charge in [-0.1, -0.05) is 23.4 Å². The van der Waals surface area contributed by atoms with Gasteiger partial charge in [-0.3, -0.25) is 5.41 Å². The number of hydrogen-bond acceptors (Lipinski definition) is 3. The van der Waals surface area contributed by atoms with Crippen LogP contribution in [0, 0.1) is 11.2 Å². The standard InChI is InChI=1S/C11H10ClFN4S.ClH/c12-10-9(5-18-11(14)15)17(6-16-10)8-3-1-7(13)2-4-8;/h1-4,6H,5H2,(H3,14,15);1H. The van der Waals surface area contributed by atoms with E-state index in [1.165, 1.54) is 12.1 Å². The van der Waals surface area contributed by atoms with Crippen LogP contribution >= 0.6 is 35.8 Å². The van der Waals surface area contributed by atoms with E-state index in [9.17, 15) is 4.39 Å². The van der Waals surface area contributed by atoms with Gasteiger partial charge >= 0.3 is 0 Å². The van der Waals surface area contributed by atoms with Crippen molar-refractivity contribution in [2.24, 2.45) is 5.73 Å². The Bertz CT molecular complexity index is 571. The molecule has 2 aromatic rings. The van der Waals surface area contributed by atoms with E-state index in [1.54, 1.807) is 23.0 Å². The molecule has 0 saturated carbocycles. The van der Waals surface area contributed by atoms with Crippen molar-refractivity contribution < 1.29 is 4.39 Å². The second kappa shape index (κ2) is 6.79. The van der Waals surface area contributed by atoms with Crippen molar-refractivity contribution in [2.45, 2.75) is 5.75 Å². The molecule has 0 aliphatic heterocycles. The van der Waals surface area contributed by atoms with Crippen LogP contribution in [0.5, 0.6) is 0 Å². The number of amidine groups is 1. The van der Waals surface area contributed by atoms with Crippen LogP contribution in [0.4, 0.5) is 4.39 Å². The second-order valence-corrected chi connectivity index (χ2v) is 4.86. The molecule has 1 aromatic carbocycles. The highest BCUT2D eigenvalue weighted by molar-refractivity contribution is 8.13. The summed E-state index contributed by atoms with van der Waals surface area (Å²) in [6.07, 6.45) is 1.56. The Morgan fingerprint density at radius 1 is 1.42 bits per heavy atom. The zero-order valence-corrected chi connectivity index (χ0v) is 12.0. The SMILES string of the molecule is Cl.N=C(N)SCc1c(Cl)ncn1-c1ccc(F)cc1. The van der Waals surface area contributed by atoms with Crippen molar-refractivity contribution in [1.29, 1.82) is 5.41 Å². The monoisotopic (exact) mass is 320 g/mol. The molecule has 0 bridgehead atoms. The molecule has 0 atom stereocenters. The number of nitrogens with zero attached hydrogens (tertiary/aromatic N) is 2. The van der Waals surface area contributed by atoms with Crippen molar-refractivity contribution in [1.82, 2.24) is 9.55 Å². The van der Waals surface area contributed by atoms with Gasteiger partial charge in [-0.25, -0.2) is 9.37 Å². The molecule has 0 fully saturated rings. The minimum absolute atomic E-state index is 0. The lowest BCUT2D eigenvalue weighted by Gasteiger charge is -2.07. The van der Waals surface area contributed by atoms with Crippen LogP contribution in [0.2, 0.25) is 5.15 Å². The fraction of sp³-hybridized carbons (Fsp3) is 0.0909. The summed E-state index contributed by atoms with van der Waals surface area (Å²) in [7, 11) is 0. The minimum atomic E-state index is -0.301. The minimum Gasteiger partial charge on any atom is -0.379 e. The molecule has 3 N–H and O–H groups in total. The van der Waals surface area contributed by atoms with E-state index in [0.29, 0.717) is 10.9 Å². The number of halogens is 3. The van der Waals surface area contributed by atoms with Gasteiger partial charge in [-0.15, -0.1) is 12.4 Å². The van der Waals surface area contributed by atoms with Crippen molar-refractivity contribution in [2.75, 3.05) is 0 Å². The lowest BCUT2D eigenvalue weighted by atomic mass is 10.3. The average Bonchev–Trinajstić information content (AvgIpc) is 2.69. The summed E-state index contributed by atoms with van der Waals surface area (Å²) in [5.74, 6) is 0.135. The van der Waals surface area contributed by atoms with Gasteiger partial charge < -0.3 is 10.3 Å². The summed E-state index contributed by atoms with van der Waals surface area (Å²) in [5.41, 5.74) is 6.78. The maximum absolute atomic E-state index is 12.9. The number of nitrogens with two attached hydrogens (primary N) is 1. The topological polar surface area (TPSA) is 67.7 Å². The van der Waals surface area contributed by atoms with Crippen LogP contribution in [-0.4, -0.2) is 14.7 Å². The molecule has 102 valence electrons. The average molecular weight is 321 g/mol. The third kappa shape index (κ3) is 3.86. The molecule has 0 aliphatic carbocycles. The Balaban J connectivity index is 0.00000180. The van der Waals surface area contributed by atoms with Crippen molar-refractivity contribution in [3.05, 3.63) is 47.3 Å². The first-order valence-electron chi connectivity index (χ1n) is 5.02. The highest BCUT2D eigenvalue weighted by Crippen LogP contribution is 2.23. The van der Waals surface area contributed by atoms with Gasteiger partial charge in [-0.2, -0.15) is 0 Å². The number of thioether (sulfide) groups is 1. The number of nitrogens with one attached hydrogen (secondary N) is 1. The van der Waals surface area contributed by atoms with Crippen LogP contribution in [0.15, 0.2) is 30.6 Å². The van der Waals surface area contributed by atoms with E-state index in [2.05, 4.69) is 4.98 Å². The van der Waals surface area contributed by atoms with Gasteiger partial charge in [0.2, 0.25) is 0 Å². The second-order valence-electron chi connectivity index (χ2n) is 3.48. The van der Waals surface area contributed by atoms with E-state index in [1.807, 2.05) is 0 Å². The molecule has 0 unspecified atom stereocenters. The molecule has 4 nitrogen and oxygen atoms in total. The van der Waals surface area contributed by atoms with E-state index >= 15 is 0 Å². The molecule has 1 heterocycles. The highest BCUT2D eigenvalue weighted by atomic mass is 35.5. The van der Waals surface area contributed by atoms with Gasteiger partial charge in [-0.05, 0) is 24.3 Å². The molecular formula is C11H11Cl2FN4S. The van der Waals surface area contributed by atoms with Gasteiger partial charge in [0.05, 0.1) is 5.69 Å². The van der Waals surface area contributed by atoms with Crippen LogP contribution in [-0.2, 0) is 5.75 Å². The Hall–Kier alpha value is -1.24. The Labute approximate surface area is 125 Å². The quantitative estimate of drug-likeness (QED) is 0.674. The molecule has 2 rings (SSSR count). The van der Waals surface area contributed by atoms with Gasteiger partial charge in [0.15, 0.2) is 10.3 Å². The molecule has 0 radical (unpaired) electrons. The normalized spacial score (nSPS) is 10.0. The predicted molar refractivity (Wildman–Crippen MR) is 79.0 cm³/mol. The largest absolute Gasteiger partial charge is 0.379 e. The summed E-state index contributed by atoms with van der Waals surface area (Å²) >= 11 is 7.14. The van der Waals surface area contributed by atoms with Gasteiger partial charge in [0.25, 0.3) is 0 Å². The summed E-state index contributed by atoms with van der Waals surface area (Å²) in [4.78, 5) is 4.00. The molecule has 0 spiro atoms. The van der Waals surface area contributed by atoms with E-state index in [0.717, 1.165) is 23.1 Å². The third-order valence-corrected chi connectivity index (χ3v) is 3.33. The van der Waals surface area contributed by atoms with Gasteiger partial charge in [0.1, 0.15) is 12.1 Å². The summed E-state index contributed by atoms with van der Waals surface area (Å²) < 4.78 is 14.6. The number of rotatable bonds is 3. The smallest absolute Gasteiger partial charge is 0.151 e. The number of aromatic nitrogens is 2. The summed E-state index contributed by atoms with van der Waals surface area (Å²) in [5, 5.41) is 7.56. The van der Waals surface area contributed by atoms with Crippen LogP contribution in [0.25, 0.3) is 5.69 Å². The molecule has 1 aromatic heterocycles. The maximum Gasteiger partial charge on any atom is 0.151 e. The first kappa shape index (κ1) is 15.8. The van der Waals surface area contributed by atoms with Crippen LogP contribution in [0.1, 0.15) is 5.69 Å². The van der Waals surface area contributed by atoms with Crippen molar-refractivity contribution >= 4 is 40.9 Å². The molecule has 19 heavy (non-hydrogen) atoms. The first-order chi connectivity index (χ1) is 8.58. The predicted octanol–water partition coefficient (Wildman–Crippen LogP) is 3.21. The third-order valence-electron chi connectivity index (χ3n) is 2.28. The first-order valence-corrected chi connectivity index (χ1v) is 6.39. The van der Waals surface area contributed by atoms with E-state index in [-0.39, 0.29) is 23.4 Å². The Morgan fingerprint density at radius 2 is 2.05 bits per heavy atom. The lowest BCUT2D eigenvalue weighted by Crippen LogP contribution is -2.06. The van der Waals surface area contributed by atoms with Crippen molar-refractivity contribution in [3.63, 3.8) is 0 Å². The fourth-order valence-electron chi connectivity index (χ4n) is 1.45. The summed E-state index contributed by atoms with van der Waals surface area (Å²) in [6.45, 7) is 0. The molecular weight excluding hydrogens is 310 g/mol. The lowest BCUT2D eigenvalue weighted by molar-refractivity contribution is 0.627. The number of imidazole rings is 1. The maximum atomic E-state index is 12.9. The Kier molecular flexibility index (Phi) is 5.65. The zero-order valence-electron chi connectivity index (χ0n) is 9.64. The number of benzene rings is 1. The van der Waals surface area contributed by atoms with E-state index < -0.39 is 0 Å². The van der Waals surface area contributed by atoms with Gasteiger partial charge in [0, 0.05) is 11.4 Å². The van der Waals surface area contributed by atoms with Crippen LogP contribution < -0.4 is 5.73 Å². The fourth-order valence-corrected chi connectivity index (χ4v) is 2.30. The highest BCUT2D eigenvalue weighted by Gasteiger charge is 2.11. The molecule has 8 heteroatoms. The summed E-state index contributed by atoms with van der Waals surface area (Å²) in [6, 6.07) is 6.00. The zero-order chi connectivity index (χ0) is 13.1. The Morgan fingerprint density at radius 3 is 2.63 bits per heavy atom. The number of hydrogen-bond donors (Lipinski definition) is 2. The molecule has 0 saturated heterocycles.